The van der Waals surface area contributed by atoms with Gasteiger partial charge in [0, 0.05) is 55.2 Å². The Morgan fingerprint density at radius 1 is 1.12 bits per heavy atom. The van der Waals surface area contributed by atoms with Crippen molar-refractivity contribution in [3.63, 3.8) is 0 Å². The lowest BCUT2D eigenvalue weighted by Crippen LogP contribution is -2.50. The fourth-order valence-corrected chi connectivity index (χ4v) is 5.57. The molecule has 0 spiro atoms. The van der Waals surface area contributed by atoms with Crippen molar-refractivity contribution < 1.29 is 4.42 Å². The summed E-state index contributed by atoms with van der Waals surface area (Å²) in [6, 6.07) is 8.98. The summed E-state index contributed by atoms with van der Waals surface area (Å²) in [5, 5.41) is 0.963. The molecule has 4 aliphatic rings. The molecule has 0 amide bonds. The molecule has 5 heterocycles. The van der Waals surface area contributed by atoms with Gasteiger partial charge in [-0.3, -0.25) is 9.89 Å². The van der Waals surface area contributed by atoms with E-state index in [4.69, 9.17) is 4.42 Å². The minimum absolute atomic E-state index is 0.201. The summed E-state index contributed by atoms with van der Waals surface area (Å²) >= 11 is 0. The fourth-order valence-electron chi connectivity index (χ4n) is 5.57. The van der Waals surface area contributed by atoms with E-state index in [1.807, 2.05) is 31.5 Å². The van der Waals surface area contributed by atoms with Crippen molar-refractivity contribution in [1.29, 1.82) is 0 Å². The Morgan fingerprint density at radius 3 is 2.94 bits per heavy atom. The van der Waals surface area contributed by atoms with Crippen LogP contribution in [0.4, 0.5) is 5.69 Å². The molecule has 6 rings (SSSR count). The maximum atomic E-state index is 13.1. The Hall–Kier alpha value is -3.12. The minimum atomic E-state index is -0.270. The predicted octanol–water partition coefficient (Wildman–Crippen LogP) is 4.59. The number of allylic oxidation sites excluding steroid dienone is 4. The first-order valence-electron chi connectivity index (χ1n) is 12.1. The van der Waals surface area contributed by atoms with Crippen LogP contribution in [0.5, 0.6) is 0 Å². The highest BCUT2D eigenvalue weighted by molar-refractivity contribution is 5.85. The molecule has 4 aliphatic heterocycles. The van der Waals surface area contributed by atoms with Crippen LogP contribution >= 0.6 is 0 Å². The second-order valence-electron chi connectivity index (χ2n) is 9.73. The first-order valence-corrected chi connectivity index (χ1v) is 12.1. The summed E-state index contributed by atoms with van der Waals surface area (Å²) in [6.07, 6.45) is 11.6. The number of aliphatic imine (C=N–C) groups is 1. The lowest BCUT2D eigenvalue weighted by Gasteiger charge is -2.38. The van der Waals surface area contributed by atoms with Gasteiger partial charge >= 0.3 is 5.63 Å². The number of benzene rings is 1. The molecule has 6 heteroatoms. The SMILES string of the molecule is CC1=CN2C=C(c3cc4ccc(N5CCN6CCCC6C5)cc4oc3=O)C(C)CC=C2C=N1. The zero-order chi connectivity index (χ0) is 22.5. The van der Waals surface area contributed by atoms with Crippen molar-refractivity contribution in [2.45, 2.75) is 39.2 Å². The van der Waals surface area contributed by atoms with Crippen LogP contribution in [0.3, 0.4) is 0 Å². The molecule has 2 unspecified atom stereocenters. The molecule has 0 radical (unpaired) electrons. The molecule has 2 fully saturated rings. The normalized spacial score (nSPS) is 25.3. The minimum Gasteiger partial charge on any atom is -0.422 e. The molecule has 2 atom stereocenters. The van der Waals surface area contributed by atoms with E-state index in [1.165, 1.54) is 19.4 Å². The van der Waals surface area contributed by atoms with E-state index in [0.29, 0.717) is 17.2 Å². The highest BCUT2D eigenvalue weighted by atomic mass is 16.4. The maximum absolute atomic E-state index is 13.1. The summed E-state index contributed by atoms with van der Waals surface area (Å²) in [5.41, 5.74) is 5.16. The van der Waals surface area contributed by atoms with Gasteiger partial charge < -0.3 is 14.2 Å². The molecular formula is C27H30N4O2. The highest BCUT2D eigenvalue weighted by Gasteiger charge is 2.30. The van der Waals surface area contributed by atoms with E-state index in [2.05, 4.69) is 51.0 Å². The quantitative estimate of drug-likeness (QED) is 0.637. The summed E-state index contributed by atoms with van der Waals surface area (Å²) in [5.74, 6) is 0.201. The Bertz CT molecular complexity index is 1280. The van der Waals surface area contributed by atoms with Crippen LogP contribution in [-0.2, 0) is 0 Å². The molecule has 6 nitrogen and oxygen atoms in total. The largest absolute Gasteiger partial charge is 0.422 e. The van der Waals surface area contributed by atoms with Gasteiger partial charge in [-0.2, -0.15) is 0 Å². The molecule has 0 N–H and O–H groups in total. The Morgan fingerprint density at radius 2 is 2.03 bits per heavy atom. The number of nitrogens with zero attached hydrogens (tertiary/aromatic N) is 4. The predicted molar refractivity (Wildman–Crippen MR) is 133 cm³/mol. The zero-order valence-electron chi connectivity index (χ0n) is 19.3. The summed E-state index contributed by atoms with van der Waals surface area (Å²) in [6.45, 7) is 8.56. The Balaban J connectivity index is 1.34. The fraction of sp³-hybridized carbons (Fsp3) is 0.407. The van der Waals surface area contributed by atoms with Gasteiger partial charge in [-0.25, -0.2) is 4.79 Å². The lowest BCUT2D eigenvalue weighted by atomic mass is 9.93. The van der Waals surface area contributed by atoms with Crippen LogP contribution < -0.4 is 10.5 Å². The number of rotatable bonds is 2. The van der Waals surface area contributed by atoms with E-state index in [0.717, 1.165) is 54.1 Å². The number of piperazine rings is 1. The number of fused-ring (bicyclic) bond motifs is 3. The molecule has 0 saturated carbocycles. The Labute approximate surface area is 194 Å². The van der Waals surface area contributed by atoms with Gasteiger partial charge in [0.1, 0.15) is 5.58 Å². The molecule has 0 bridgehead atoms. The summed E-state index contributed by atoms with van der Waals surface area (Å²) in [4.78, 5) is 24.7. The van der Waals surface area contributed by atoms with Crippen LogP contribution in [0.2, 0.25) is 0 Å². The van der Waals surface area contributed by atoms with Gasteiger partial charge in [0.25, 0.3) is 0 Å². The van der Waals surface area contributed by atoms with Crippen LogP contribution in [0.1, 0.15) is 38.7 Å². The van der Waals surface area contributed by atoms with Crippen molar-refractivity contribution in [3.05, 3.63) is 70.1 Å². The number of hydrogen-bond acceptors (Lipinski definition) is 6. The van der Waals surface area contributed by atoms with Crippen LogP contribution in [0, 0.1) is 5.92 Å². The van der Waals surface area contributed by atoms with E-state index >= 15 is 0 Å². The van der Waals surface area contributed by atoms with Crippen molar-refractivity contribution in [3.8, 4) is 0 Å². The zero-order valence-corrected chi connectivity index (χ0v) is 19.3. The second kappa shape index (κ2) is 8.03. The first-order chi connectivity index (χ1) is 16.0. The smallest absolute Gasteiger partial charge is 0.343 e. The van der Waals surface area contributed by atoms with Gasteiger partial charge in [0.15, 0.2) is 0 Å². The van der Waals surface area contributed by atoms with E-state index in [1.54, 1.807) is 0 Å². The van der Waals surface area contributed by atoms with Gasteiger partial charge in [0.05, 0.1) is 23.2 Å². The second-order valence-corrected chi connectivity index (χ2v) is 9.73. The summed E-state index contributed by atoms with van der Waals surface area (Å²) in [7, 11) is 0. The topological polar surface area (TPSA) is 52.3 Å². The third kappa shape index (κ3) is 3.72. The van der Waals surface area contributed by atoms with Gasteiger partial charge in [-0.1, -0.05) is 13.0 Å². The highest BCUT2D eigenvalue weighted by Crippen LogP contribution is 2.33. The lowest BCUT2D eigenvalue weighted by molar-refractivity contribution is 0.231. The van der Waals surface area contributed by atoms with Crippen molar-refractivity contribution >= 4 is 28.4 Å². The monoisotopic (exact) mass is 442 g/mol. The average Bonchev–Trinajstić information content (AvgIpc) is 3.22. The number of hydrogen-bond donors (Lipinski definition) is 0. The molecule has 1 aromatic heterocycles. The maximum Gasteiger partial charge on any atom is 0.343 e. The molecular weight excluding hydrogens is 412 g/mol. The van der Waals surface area contributed by atoms with Gasteiger partial charge in [-0.05, 0) is 62.4 Å². The van der Waals surface area contributed by atoms with Crippen LogP contribution in [0.25, 0.3) is 16.5 Å². The standard InChI is InChI=1S/C27H30N4O2/c1-18-5-7-22-14-28-19(2)15-31(22)17-25(18)24-12-20-6-8-21(13-26(20)33-27(24)32)30-11-10-29-9-3-4-23(29)16-30/h6-8,12-15,17-18,23H,3-5,9-11,16H2,1-2H3. The molecule has 1 aromatic carbocycles. The molecule has 33 heavy (non-hydrogen) atoms. The van der Waals surface area contributed by atoms with E-state index < -0.39 is 0 Å². The molecule has 2 saturated heterocycles. The molecule has 170 valence electrons. The molecule has 0 aliphatic carbocycles. The van der Waals surface area contributed by atoms with Crippen molar-refractivity contribution in [1.82, 2.24) is 9.80 Å². The first kappa shape index (κ1) is 20.5. The van der Waals surface area contributed by atoms with Crippen molar-refractivity contribution in [2.24, 2.45) is 10.9 Å². The molecule has 2 aromatic rings. The summed E-state index contributed by atoms with van der Waals surface area (Å²) < 4.78 is 5.90. The average molecular weight is 443 g/mol. The van der Waals surface area contributed by atoms with Gasteiger partial charge in [0.2, 0.25) is 0 Å². The van der Waals surface area contributed by atoms with Crippen LogP contribution in [0.15, 0.2) is 68.3 Å². The van der Waals surface area contributed by atoms with Gasteiger partial charge in [-0.15, -0.1) is 0 Å². The number of anilines is 1. The van der Waals surface area contributed by atoms with E-state index in [-0.39, 0.29) is 11.5 Å². The third-order valence-corrected chi connectivity index (χ3v) is 7.50. The third-order valence-electron chi connectivity index (χ3n) is 7.50. The van der Waals surface area contributed by atoms with Crippen LogP contribution in [-0.4, -0.2) is 48.2 Å². The van der Waals surface area contributed by atoms with E-state index in [9.17, 15) is 4.79 Å². The van der Waals surface area contributed by atoms with Crippen molar-refractivity contribution in [2.75, 3.05) is 31.1 Å². The Kier molecular flexibility index (Phi) is 4.98.